The number of hydrogen-bond acceptors (Lipinski definition) is 9. The molecule has 2 aromatic heterocycles. The first kappa shape index (κ1) is 33.0. The summed E-state index contributed by atoms with van der Waals surface area (Å²) >= 11 is 3.25. The Hall–Kier alpha value is -4.53. The zero-order chi connectivity index (χ0) is 34.6. The van der Waals surface area contributed by atoms with E-state index in [0.29, 0.717) is 67.5 Å². The summed E-state index contributed by atoms with van der Waals surface area (Å²) in [4.78, 5) is 58.3. The van der Waals surface area contributed by atoms with Gasteiger partial charge in [0.05, 0.1) is 28.5 Å². The summed E-state index contributed by atoms with van der Waals surface area (Å²) in [6.45, 7) is 2.01. The minimum atomic E-state index is -3.67. The average molecular weight is 714 g/mol. The Morgan fingerprint density at radius 2 is 1.02 bits per heavy atom. The molecule has 10 nitrogen and oxygen atoms in total. The van der Waals surface area contributed by atoms with Crippen LogP contribution in [0.5, 0.6) is 0 Å². The molecule has 4 amide bonds. The van der Waals surface area contributed by atoms with Crippen LogP contribution < -0.4 is 0 Å². The van der Waals surface area contributed by atoms with Crippen molar-refractivity contribution in [2.45, 2.75) is 12.8 Å². The van der Waals surface area contributed by atoms with E-state index in [1.54, 1.807) is 34.8 Å². The van der Waals surface area contributed by atoms with Gasteiger partial charge in [-0.05, 0) is 90.9 Å². The smallest absolute Gasteiger partial charge is 0.262 e. The number of thiophene rings is 2. The van der Waals surface area contributed by atoms with Crippen LogP contribution >= 0.6 is 22.7 Å². The van der Waals surface area contributed by atoms with Crippen molar-refractivity contribution >= 4 is 98.1 Å². The first-order valence-electron chi connectivity index (χ1n) is 15.6. The quantitative estimate of drug-likeness (QED) is 0.139. The van der Waals surface area contributed by atoms with Gasteiger partial charge in [0, 0.05) is 44.0 Å². The Morgan fingerprint density at radius 3 is 1.43 bits per heavy atom. The fraction of sp³-hybridized carbons (Fsp3) is 0.222. The van der Waals surface area contributed by atoms with E-state index in [1.165, 1.54) is 9.80 Å². The fourth-order valence-electron chi connectivity index (χ4n) is 6.80. The molecule has 8 rings (SSSR count). The molecule has 1 N–H and O–H groups in total. The Labute approximate surface area is 289 Å². The van der Waals surface area contributed by atoms with Gasteiger partial charge in [-0.2, -0.15) is 8.42 Å². The molecular weight excluding hydrogens is 683 g/mol. The minimum absolute atomic E-state index is 0.227. The molecule has 2 aliphatic heterocycles. The van der Waals surface area contributed by atoms with E-state index in [0.717, 1.165) is 41.7 Å². The second-order valence-electron chi connectivity index (χ2n) is 12.2. The lowest BCUT2D eigenvalue weighted by Gasteiger charge is -2.20. The highest BCUT2D eigenvalue weighted by molar-refractivity contribution is 7.85. The highest BCUT2D eigenvalue weighted by Crippen LogP contribution is 2.38. The van der Waals surface area contributed by atoms with Gasteiger partial charge < -0.3 is 4.90 Å². The Morgan fingerprint density at radius 1 is 0.633 bits per heavy atom. The zero-order valence-electron chi connectivity index (χ0n) is 26.6. The monoisotopic (exact) mass is 713 g/mol. The SMILES string of the molecule is CN(CCCN1C(=O)c2ccc3ccc4sccc4c3c2C1=O)CCCN1C(=O)c2ccc3ccc4sccc4c3c2C1=O.CS(=O)(=O)O. The molecule has 0 fully saturated rings. The highest BCUT2D eigenvalue weighted by atomic mass is 32.2. The Bertz CT molecular complexity index is 2300. The van der Waals surface area contributed by atoms with Gasteiger partial charge in [0.1, 0.15) is 0 Å². The topological polar surface area (TPSA) is 132 Å². The molecule has 0 aliphatic carbocycles. The van der Waals surface area contributed by atoms with E-state index in [9.17, 15) is 27.6 Å². The maximum atomic E-state index is 13.5. The van der Waals surface area contributed by atoms with Gasteiger partial charge in [-0.3, -0.25) is 33.5 Å². The molecule has 0 radical (unpaired) electrons. The molecule has 0 spiro atoms. The van der Waals surface area contributed by atoms with Gasteiger partial charge in [-0.25, -0.2) is 0 Å². The maximum absolute atomic E-state index is 13.5. The minimum Gasteiger partial charge on any atom is -0.306 e. The van der Waals surface area contributed by atoms with Gasteiger partial charge in [-0.15, -0.1) is 22.7 Å². The lowest BCUT2D eigenvalue weighted by molar-refractivity contribution is 0.0640. The third kappa shape index (κ3) is 6.02. The van der Waals surface area contributed by atoms with Gasteiger partial charge in [-0.1, -0.05) is 24.3 Å². The van der Waals surface area contributed by atoms with Gasteiger partial charge in [0.25, 0.3) is 33.7 Å². The number of imide groups is 2. The maximum Gasteiger partial charge on any atom is 0.262 e. The Balaban J connectivity index is 0.000000707. The molecule has 49 heavy (non-hydrogen) atoms. The third-order valence-corrected chi connectivity index (χ3v) is 10.7. The molecule has 0 saturated carbocycles. The van der Waals surface area contributed by atoms with E-state index < -0.39 is 10.1 Å². The molecule has 0 atom stereocenters. The summed E-state index contributed by atoms with van der Waals surface area (Å²) in [6, 6.07) is 19.6. The number of amides is 4. The second-order valence-corrected chi connectivity index (χ2v) is 15.6. The average Bonchev–Trinajstić information content (AvgIpc) is 3.84. The van der Waals surface area contributed by atoms with Crippen molar-refractivity contribution < 1.29 is 32.1 Å². The summed E-state index contributed by atoms with van der Waals surface area (Å²) in [5.74, 6) is -0.927. The van der Waals surface area contributed by atoms with Crippen molar-refractivity contribution in [1.82, 2.24) is 14.7 Å². The second kappa shape index (κ2) is 12.7. The summed E-state index contributed by atoms with van der Waals surface area (Å²) in [5.41, 5.74) is 1.97. The molecule has 4 aromatic carbocycles. The summed E-state index contributed by atoms with van der Waals surface area (Å²) < 4.78 is 28.1. The van der Waals surface area contributed by atoms with Gasteiger partial charge in [0.15, 0.2) is 0 Å². The molecule has 13 heteroatoms. The predicted molar refractivity (Wildman–Crippen MR) is 194 cm³/mol. The van der Waals surface area contributed by atoms with Crippen molar-refractivity contribution in [2.24, 2.45) is 0 Å². The third-order valence-electron chi connectivity index (χ3n) is 8.94. The molecular formula is C36H31N3O7S3. The number of carbonyl (C=O) groups is 4. The Kier molecular flexibility index (Phi) is 8.57. The van der Waals surface area contributed by atoms with E-state index in [4.69, 9.17) is 4.55 Å². The number of hydrogen-bond donors (Lipinski definition) is 1. The normalized spacial score (nSPS) is 14.5. The lowest BCUT2D eigenvalue weighted by Crippen LogP contribution is -2.34. The number of benzene rings is 4. The van der Waals surface area contributed by atoms with Crippen molar-refractivity contribution in [1.29, 1.82) is 0 Å². The standard InChI is InChI=1S/C35H27N3O4S2.CH4O3S/c1-36(14-2-16-37-32(39)24-8-4-20-6-10-26-22(12-18-43-26)28(20)30(24)34(37)41)15-3-17-38-33(40)25-9-5-21-7-11-27-23(13-19-44-27)29(21)31(25)35(38)42;1-5(2,3)4/h4-13,18-19H,2-3,14-17H2,1H3;1H3,(H,2,3,4). The van der Waals surface area contributed by atoms with Crippen molar-refractivity contribution in [2.75, 3.05) is 39.5 Å². The van der Waals surface area contributed by atoms with Crippen LogP contribution in [0.1, 0.15) is 54.3 Å². The number of fused-ring (bicyclic) bond motifs is 10. The van der Waals surface area contributed by atoms with Crippen molar-refractivity contribution in [3.8, 4) is 0 Å². The van der Waals surface area contributed by atoms with Crippen molar-refractivity contribution in [3.63, 3.8) is 0 Å². The van der Waals surface area contributed by atoms with Crippen LogP contribution in [0.15, 0.2) is 71.4 Å². The van der Waals surface area contributed by atoms with Crippen LogP contribution in [0.25, 0.3) is 41.7 Å². The molecule has 0 unspecified atom stereocenters. The van der Waals surface area contributed by atoms with Crippen LogP contribution in [0, 0.1) is 0 Å². The van der Waals surface area contributed by atoms with E-state index in [1.807, 2.05) is 54.2 Å². The molecule has 6 aromatic rings. The van der Waals surface area contributed by atoms with Gasteiger partial charge in [0.2, 0.25) is 0 Å². The zero-order valence-corrected chi connectivity index (χ0v) is 29.1. The first-order valence-corrected chi connectivity index (χ1v) is 19.2. The van der Waals surface area contributed by atoms with Crippen LogP contribution in [0.3, 0.4) is 0 Å². The van der Waals surface area contributed by atoms with Crippen LogP contribution in [-0.4, -0.2) is 90.8 Å². The fourth-order valence-corrected chi connectivity index (χ4v) is 8.39. The van der Waals surface area contributed by atoms with Crippen LogP contribution in [-0.2, 0) is 10.1 Å². The number of carbonyl (C=O) groups excluding carboxylic acids is 4. The molecule has 0 saturated heterocycles. The molecule has 0 bridgehead atoms. The highest BCUT2D eigenvalue weighted by Gasteiger charge is 2.38. The molecule has 250 valence electrons. The summed E-state index contributed by atoms with van der Waals surface area (Å²) in [7, 11) is -1.69. The van der Waals surface area contributed by atoms with Crippen LogP contribution in [0.4, 0.5) is 0 Å². The number of rotatable bonds is 8. The largest absolute Gasteiger partial charge is 0.306 e. The summed E-state index contributed by atoms with van der Waals surface area (Å²) in [5, 5.41) is 9.69. The van der Waals surface area contributed by atoms with Crippen molar-refractivity contribution in [3.05, 3.63) is 93.7 Å². The predicted octanol–water partition coefficient (Wildman–Crippen LogP) is 6.53. The lowest BCUT2D eigenvalue weighted by atomic mass is 9.98. The van der Waals surface area contributed by atoms with E-state index in [-0.39, 0.29) is 23.6 Å². The first-order chi connectivity index (χ1) is 23.4. The van der Waals surface area contributed by atoms with E-state index >= 15 is 0 Å². The van der Waals surface area contributed by atoms with E-state index in [2.05, 4.69) is 17.0 Å². The summed E-state index contributed by atoms with van der Waals surface area (Å²) in [6.07, 6.45) is 1.97. The van der Waals surface area contributed by atoms with Crippen LogP contribution in [0.2, 0.25) is 0 Å². The van der Waals surface area contributed by atoms with Gasteiger partial charge >= 0.3 is 0 Å². The molecule has 4 heterocycles. The molecule has 2 aliphatic rings. The number of nitrogens with zero attached hydrogens (tertiary/aromatic N) is 3.